The monoisotopic (exact) mass is 490 g/mol. The van der Waals surface area contributed by atoms with Crippen molar-refractivity contribution in [3.8, 4) is 22.6 Å². The smallest absolute Gasteiger partial charge is 0.270 e. The molecule has 0 spiro atoms. The Balaban J connectivity index is 1.97. The lowest BCUT2D eigenvalue weighted by Crippen LogP contribution is -2.25. The van der Waals surface area contributed by atoms with Crippen LogP contribution in [0.1, 0.15) is 16.1 Å². The zero-order valence-corrected chi connectivity index (χ0v) is 19.4. The van der Waals surface area contributed by atoms with Crippen LogP contribution >= 0.6 is 11.6 Å². The minimum atomic E-state index is -0.655. The van der Waals surface area contributed by atoms with Crippen molar-refractivity contribution < 1.29 is 14.5 Å². The number of aromatic nitrogens is 2. The molecule has 0 saturated carbocycles. The van der Waals surface area contributed by atoms with E-state index in [1.807, 2.05) is 0 Å². The van der Waals surface area contributed by atoms with Gasteiger partial charge in [0.2, 0.25) is 5.43 Å². The van der Waals surface area contributed by atoms with E-state index in [0.717, 1.165) is 6.07 Å². The van der Waals surface area contributed by atoms with Crippen LogP contribution in [-0.2, 0) is 0 Å². The van der Waals surface area contributed by atoms with Crippen molar-refractivity contribution >= 4 is 29.0 Å². The normalized spacial score (nSPS) is 10.6. The molecular weight excluding hydrogens is 472 g/mol. The molecule has 0 saturated heterocycles. The number of anilines is 1. The number of hydrogen-bond acceptors (Lipinski definition) is 6. The van der Waals surface area contributed by atoms with Gasteiger partial charge in [0.05, 0.1) is 23.3 Å². The first-order valence-electron chi connectivity index (χ1n) is 10.4. The summed E-state index contributed by atoms with van der Waals surface area (Å²) in [5.74, 6) is -0.162. The van der Waals surface area contributed by atoms with Gasteiger partial charge in [0, 0.05) is 28.3 Å². The van der Waals surface area contributed by atoms with Gasteiger partial charge in [-0.25, -0.2) is 4.68 Å². The fourth-order valence-electron chi connectivity index (χ4n) is 3.57. The van der Waals surface area contributed by atoms with Crippen LogP contribution in [0, 0.1) is 17.0 Å². The SMILES string of the molecule is COc1ccccc1-c1c(NC(=O)c2cccc([N+](=O)[O-])c2)n(-c2ccc(Cl)cc2)nc(C)c1=O. The summed E-state index contributed by atoms with van der Waals surface area (Å²) in [4.78, 5) is 37.2. The number of carbonyl (C=O) groups excluding carboxylic acids is 1. The highest BCUT2D eigenvalue weighted by molar-refractivity contribution is 6.30. The molecule has 0 bridgehead atoms. The lowest BCUT2D eigenvalue weighted by Gasteiger charge is -2.19. The van der Waals surface area contributed by atoms with Gasteiger partial charge in [-0.1, -0.05) is 35.9 Å². The Morgan fingerprint density at radius 1 is 1.09 bits per heavy atom. The molecule has 0 aliphatic heterocycles. The molecule has 10 heteroatoms. The van der Waals surface area contributed by atoms with Crippen LogP contribution in [0.2, 0.25) is 5.02 Å². The molecule has 0 atom stereocenters. The lowest BCUT2D eigenvalue weighted by atomic mass is 10.0. The average Bonchev–Trinajstić information content (AvgIpc) is 2.87. The first kappa shape index (κ1) is 23.7. The number of nitrogens with zero attached hydrogens (tertiary/aromatic N) is 3. The molecule has 1 aromatic heterocycles. The van der Waals surface area contributed by atoms with Crippen molar-refractivity contribution in [3.05, 3.63) is 109 Å². The molecule has 176 valence electrons. The van der Waals surface area contributed by atoms with E-state index < -0.39 is 16.3 Å². The van der Waals surface area contributed by atoms with Crippen molar-refractivity contribution in [1.29, 1.82) is 0 Å². The Morgan fingerprint density at radius 3 is 2.49 bits per heavy atom. The van der Waals surface area contributed by atoms with Gasteiger partial charge in [0.1, 0.15) is 17.3 Å². The van der Waals surface area contributed by atoms with Gasteiger partial charge in [-0.2, -0.15) is 5.10 Å². The molecule has 0 radical (unpaired) electrons. The molecule has 1 heterocycles. The number of non-ortho nitro benzene ring substituents is 1. The summed E-state index contributed by atoms with van der Waals surface area (Å²) in [6.45, 7) is 1.57. The van der Waals surface area contributed by atoms with Gasteiger partial charge in [-0.05, 0) is 43.3 Å². The molecule has 0 aliphatic rings. The molecule has 4 aromatic rings. The standard InChI is InChI=1S/C25H19ClN4O5/c1-15-23(31)22(20-8-3-4-9-21(20)35-2)24(29(28-15)18-12-10-17(26)11-13-18)27-25(32)16-6-5-7-19(14-16)30(33)34/h3-14H,1-2H3,(H,27,32). The second-order valence-electron chi connectivity index (χ2n) is 7.49. The first-order chi connectivity index (χ1) is 16.8. The number of aryl methyl sites for hydroxylation is 1. The molecule has 35 heavy (non-hydrogen) atoms. The number of carbonyl (C=O) groups is 1. The Labute approximate surface area is 204 Å². The van der Waals surface area contributed by atoms with Crippen LogP contribution in [0.25, 0.3) is 16.8 Å². The van der Waals surface area contributed by atoms with Crippen LogP contribution in [0.3, 0.4) is 0 Å². The summed E-state index contributed by atoms with van der Waals surface area (Å²) < 4.78 is 6.89. The summed E-state index contributed by atoms with van der Waals surface area (Å²) in [6, 6.07) is 18.9. The highest BCUT2D eigenvalue weighted by Gasteiger charge is 2.23. The molecule has 1 N–H and O–H groups in total. The van der Waals surface area contributed by atoms with Crippen LogP contribution < -0.4 is 15.5 Å². The van der Waals surface area contributed by atoms with Crippen LogP contribution in [-0.4, -0.2) is 27.7 Å². The van der Waals surface area contributed by atoms with Crippen molar-refractivity contribution in [2.45, 2.75) is 6.92 Å². The van der Waals surface area contributed by atoms with E-state index in [-0.39, 0.29) is 28.3 Å². The molecule has 4 rings (SSSR count). The zero-order valence-electron chi connectivity index (χ0n) is 18.7. The van der Waals surface area contributed by atoms with Crippen LogP contribution in [0.4, 0.5) is 11.5 Å². The highest BCUT2D eigenvalue weighted by atomic mass is 35.5. The van der Waals surface area contributed by atoms with E-state index >= 15 is 0 Å². The third kappa shape index (κ3) is 4.75. The third-order valence-electron chi connectivity index (χ3n) is 5.25. The van der Waals surface area contributed by atoms with Gasteiger partial charge in [0.25, 0.3) is 11.6 Å². The minimum Gasteiger partial charge on any atom is -0.496 e. The maximum atomic E-state index is 13.4. The molecule has 0 unspecified atom stereocenters. The van der Waals surface area contributed by atoms with Crippen molar-refractivity contribution in [1.82, 2.24) is 9.78 Å². The second-order valence-corrected chi connectivity index (χ2v) is 7.92. The summed E-state index contributed by atoms with van der Waals surface area (Å²) in [5, 5.41) is 18.8. The summed E-state index contributed by atoms with van der Waals surface area (Å²) in [7, 11) is 1.48. The molecule has 0 fully saturated rings. The Hall–Kier alpha value is -4.50. The van der Waals surface area contributed by atoms with Gasteiger partial charge in [0.15, 0.2) is 0 Å². The number of para-hydroxylation sites is 1. The minimum absolute atomic E-state index is 0.0425. The molecule has 0 aliphatic carbocycles. The largest absolute Gasteiger partial charge is 0.496 e. The number of methoxy groups -OCH3 is 1. The quantitative estimate of drug-likeness (QED) is 0.299. The first-order valence-corrected chi connectivity index (χ1v) is 10.8. The Bertz CT molecular complexity index is 1500. The summed E-state index contributed by atoms with van der Waals surface area (Å²) in [5.41, 5.74) is 0.720. The van der Waals surface area contributed by atoms with Crippen LogP contribution in [0.5, 0.6) is 5.75 Å². The van der Waals surface area contributed by atoms with Crippen molar-refractivity contribution in [3.63, 3.8) is 0 Å². The molecule has 3 aromatic carbocycles. The predicted octanol–water partition coefficient (Wildman–Crippen LogP) is 5.03. The number of nitro groups is 1. The molecular formula is C25H19ClN4O5. The van der Waals surface area contributed by atoms with E-state index in [4.69, 9.17) is 16.3 Å². The fourth-order valence-corrected chi connectivity index (χ4v) is 3.69. The van der Waals surface area contributed by atoms with Crippen molar-refractivity contribution in [2.24, 2.45) is 0 Å². The predicted molar refractivity (Wildman–Crippen MR) is 133 cm³/mol. The Kier molecular flexibility index (Phi) is 6.61. The summed E-state index contributed by atoms with van der Waals surface area (Å²) in [6.07, 6.45) is 0. The second kappa shape index (κ2) is 9.78. The number of amides is 1. The number of hydrogen-bond donors (Lipinski definition) is 1. The van der Waals surface area contributed by atoms with Gasteiger partial charge < -0.3 is 10.1 Å². The van der Waals surface area contributed by atoms with Gasteiger partial charge in [-0.15, -0.1) is 0 Å². The Morgan fingerprint density at radius 2 is 1.80 bits per heavy atom. The maximum absolute atomic E-state index is 13.4. The number of halogens is 1. The van der Waals surface area contributed by atoms with E-state index in [2.05, 4.69) is 10.4 Å². The highest BCUT2D eigenvalue weighted by Crippen LogP contribution is 2.34. The molecule has 1 amide bonds. The van der Waals surface area contributed by atoms with E-state index in [0.29, 0.717) is 22.0 Å². The number of benzene rings is 3. The fraction of sp³-hybridized carbons (Fsp3) is 0.0800. The zero-order chi connectivity index (χ0) is 25.1. The van der Waals surface area contributed by atoms with Gasteiger partial charge in [-0.3, -0.25) is 19.7 Å². The van der Waals surface area contributed by atoms with Crippen LogP contribution in [0.15, 0.2) is 77.6 Å². The van der Waals surface area contributed by atoms with Crippen molar-refractivity contribution in [2.75, 3.05) is 12.4 Å². The van der Waals surface area contributed by atoms with E-state index in [9.17, 15) is 19.7 Å². The van der Waals surface area contributed by atoms with E-state index in [1.54, 1.807) is 55.5 Å². The average molecular weight is 491 g/mol. The lowest BCUT2D eigenvalue weighted by molar-refractivity contribution is -0.384. The number of rotatable bonds is 6. The number of nitro benzene ring substituents is 1. The number of nitrogens with one attached hydrogen (secondary N) is 1. The van der Waals surface area contributed by atoms with E-state index in [1.165, 1.54) is 30.0 Å². The third-order valence-corrected chi connectivity index (χ3v) is 5.50. The maximum Gasteiger partial charge on any atom is 0.270 e. The molecule has 9 nitrogen and oxygen atoms in total. The van der Waals surface area contributed by atoms with Gasteiger partial charge >= 0.3 is 0 Å². The summed E-state index contributed by atoms with van der Waals surface area (Å²) >= 11 is 6.05. The topological polar surface area (TPSA) is 116 Å². The number of ether oxygens (including phenoxy) is 1.